The van der Waals surface area contributed by atoms with E-state index in [2.05, 4.69) is 22.5 Å². The molecule has 4 aliphatic rings. The number of nitrogens with one attached hydrogen (secondary N) is 2. The minimum absolute atomic E-state index is 0.0370. The van der Waals surface area contributed by atoms with Crippen LogP contribution in [0.2, 0.25) is 0 Å². The maximum Gasteiger partial charge on any atom is 0.244 e. The van der Waals surface area contributed by atoms with Gasteiger partial charge in [-0.2, -0.15) is 0 Å². The first-order chi connectivity index (χ1) is 17.0. The van der Waals surface area contributed by atoms with E-state index in [0.717, 1.165) is 45.3 Å². The Hall–Kier alpha value is -1.36. The van der Waals surface area contributed by atoms with E-state index in [-0.39, 0.29) is 41.4 Å². The molecule has 6 atom stereocenters. The van der Waals surface area contributed by atoms with Gasteiger partial charge in [0.15, 0.2) is 0 Å². The molecule has 3 unspecified atom stereocenters. The predicted molar refractivity (Wildman–Crippen MR) is 135 cm³/mol. The molecule has 0 saturated carbocycles. The molecule has 0 aromatic carbocycles. The molecule has 0 aromatic rings. The zero-order valence-electron chi connectivity index (χ0n) is 21.2. The number of likely N-dealkylation sites (tertiary alicyclic amines) is 1. The van der Waals surface area contributed by atoms with Crippen LogP contribution in [0.3, 0.4) is 0 Å². The topological polar surface area (TPSA) is 111 Å². The van der Waals surface area contributed by atoms with Crippen molar-refractivity contribution in [3.63, 3.8) is 0 Å². The third-order valence-corrected chi connectivity index (χ3v) is 10.3. The molecule has 3 N–H and O–H groups in total. The highest BCUT2D eigenvalue weighted by Gasteiger charge is 2.75. The highest BCUT2D eigenvalue weighted by Crippen LogP contribution is 2.68. The highest BCUT2D eigenvalue weighted by atomic mass is 32.2. The molecule has 198 valence electrons. The highest BCUT2D eigenvalue weighted by molar-refractivity contribution is 8.02. The number of nitrogens with zero attached hydrogens (tertiary/aromatic N) is 2. The minimum Gasteiger partial charge on any atom is -0.396 e. The molecule has 4 fully saturated rings. The second kappa shape index (κ2) is 11.8. The lowest BCUT2D eigenvalue weighted by molar-refractivity contribution is -0.140. The lowest BCUT2D eigenvalue weighted by atomic mass is 9.66. The first-order valence-corrected chi connectivity index (χ1v) is 14.3. The Bertz CT molecular complexity index is 779. The van der Waals surface area contributed by atoms with Gasteiger partial charge >= 0.3 is 0 Å². The fourth-order valence-corrected chi connectivity index (χ4v) is 8.98. The van der Waals surface area contributed by atoms with E-state index in [1.807, 2.05) is 6.92 Å². The Kier molecular flexibility index (Phi) is 8.99. The van der Waals surface area contributed by atoms with Crippen LogP contribution in [0, 0.1) is 17.8 Å². The number of rotatable bonds is 12. The maximum atomic E-state index is 13.9. The summed E-state index contributed by atoms with van der Waals surface area (Å²) < 4.78 is 4.85. The standard InChI is InChI=1S/C25H42N4O5S/c1-3-7-26-22(31)19-18-16-17(2)25(35-18)20(19)24(33)29(9-5-4-6-13-30)21(25)23(32)27-8-10-28-11-14-34-15-12-28/h17-21,30H,3-16H2,1-2H3,(H,26,31)(H,27,32)/t17?,18-,19+,20+,21?,25?/m1/s1. The van der Waals surface area contributed by atoms with E-state index in [1.54, 1.807) is 16.7 Å². The third-order valence-electron chi connectivity index (χ3n) is 8.23. The van der Waals surface area contributed by atoms with Crippen molar-refractivity contribution in [3.05, 3.63) is 0 Å². The monoisotopic (exact) mass is 510 g/mol. The van der Waals surface area contributed by atoms with Gasteiger partial charge < -0.3 is 25.4 Å². The van der Waals surface area contributed by atoms with Gasteiger partial charge in [-0.1, -0.05) is 13.8 Å². The fraction of sp³-hybridized carbons (Fsp3) is 0.880. The van der Waals surface area contributed by atoms with E-state index in [9.17, 15) is 14.4 Å². The van der Waals surface area contributed by atoms with Crippen LogP contribution in [0.1, 0.15) is 46.0 Å². The summed E-state index contributed by atoms with van der Waals surface area (Å²) in [5.41, 5.74) is 0. The largest absolute Gasteiger partial charge is 0.396 e. The smallest absolute Gasteiger partial charge is 0.244 e. The van der Waals surface area contributed by atoms with E-state index < -0.39 is 16.7 Å². The third kappa shape index (κ3) is 5.08. The molecule has 1 spiro atoms. The summed E-state index contributed by atoms with van der Waals surface area (Å²) in [6, 6.07) is -0.562. The Morgan fingerprint density at radius 2 is 1.86 bits per heavy atom. The Labute approximate surface area is 213 Å². The van der Waals surface area contributed by atoms with Gasteiger partial charge in [-0.15, -0.1) is 11.8 Å². The number of aliphatic hydroxyl groups is 1. The molecule has 4 aliphatic heterocycles. The maximum absolute atomic E-state index is 13.9. The number of thioether (sulfide) groups is 1. The lowest BCUT2D eigenvalue weighted by Crippen LogP contribution is -2.57. The zero-order valence-corrected chi connectivity index (χ0v) is 22.0. The van der Waals surface area contributed by atoms with Gasteiger partial charge in [0.05, 0.1) is 29.8 Å². The van der Waals surface area contributed by atoms with Crippen molar-refractivity contribution in [3.8, 4) is 0 Å². The van der Waals surface area contributed by atoms with E-state index in [0.29, 0.717) is 39.3 Å². The van der Waals surface area contributed by atoms with Crippen LogP contribution < -0.4 is 10.6 Å². The van der Waals surface area contributed by atoms with Crippen molar-refractivity contribution < 1.29 is 24.2 Å². The van der Waals surface area contributed by atoms with E-state index in [1.165, 1.54) is 0 Å². The quantitative estimate of drug-likeness (QED) is 0.327. The minimum atomic E-state index is -0.562. The van der Waals surface area contributed by atoms with Gasteiger partial charge in [0.2, 0.25) is 17.7 Å². The average Bonchev–Trinajstić information content (AvgIpc) is 3.44. The summed E-state index contributed by atoms with van der Waals surface area (Å²) in [4.78, 5) is 44.9. The average molecular weight is 511 g/mol. The van der Waals surface area contributed by atoms with Gasteiger partial charge in [0.25, 0.3) is 0 Å². The van der Waals surface area contributed by atoms with Crippen LogP contribution in [0.15, 0.2) is 0 Å². The molecule has 4 saturated heterocycles. The molecule has 0 aromatic heterocycles. The molecule has 9 nitrogen and oxygen atoms in total. The zero-order chi connectivity index (χ0) is 25.0. The summed E-state index contributed by atoms with van der Waals surface area (Å²) in [7, 11) is 0. The SMILES string of the molecule is CCCNC(=O)[C@@H]1[C@H]2C(=O)N(CCCCCO)C(C(=O)NCCN3CCOCC3)C23S[C@@H]1CC3C. The van der Waals surface area contributed by atoms with Crippen LogP contribution in [-0.2, 0) is 19.1 Å². The number of ether oxygens (including phenoxy) is 1. The molecule has 4 rings (SSSR count). The van der Waals surface area contributed by atoms with Gasteiger partial charge in [0.1, 0.15) is 6.04 Å². The molecule has 35 heavy (non-hydrogen) atoms. The second-order valence-electron chi connectivity index (χ2n) is 10.4. The molecule has 0 radical (unpaired) electrons. The van der Waals surface area contributed by atoms with Crippen LogP contribution in [0.4, 0.5) is 0 Å². The van der Waals surface area contributed by atoms with Crippen molar-refractivity contribution in [2.45, 2.75) is 62.0 Å². The van der Waals surface area contributed by atoms with Gasteiger partial charge in [-0.3, -0.25) is 19.3 Å². The molecule has 4 heterocycles. The molecule has 10 heteroatoms. The van der Waals surface area contributed by atoms with Crippen LogP contribution >= 0.6 is 11.8 Å². The molecule has 3 amide bonds. The number of carbonyl (C=O) groups excluding carboxylic acids is 3. The first kappa shape index (κ1) is 26.7. The number of hydrogen-bond acceptors (Lipinski definition) is 7. The second-order valence-corrected chi connectivity index (χ2v) is 12.0. The fourth-order valence-electron chi connectivity index (χ4n) is 6.56. The van der Waals surface area contributed by atoms with E-state index in [4.69, 9.17) is 9.84 Å². The van der Waals surface area contributed by atoms with Crippen molar-refractivity contribution in [1.82, 2.24) is 20.4 Å². The Morgan fingerprint density at radius 3 is 2.57 bits per heavy atom. The summed E-state index contributed by atoms with van der Waals surface area (Å²) >= 11 is 1.73. The normalized spacial score (nSPS) is 34.3. The first-order valence-electron chi connectivity index (χ1n) is 13.4. The van der Waals surface area contributed by atoms with Gasteiger partial charge in [0, 0.05) is 51.1 Å². The van der Waals surface area contributed by atoms with Gasteiger partial charge in [-0.25, -0.2) is 0 Å². The summed E-state index contributed by atoms with van der Waals surface area (Å²) in [6.07, 6.45) is 3.93. The Morgan fingerprint density at radius 1 is 1.11 bits per heavy atom. The summed E-state index contributed by atoms with van der Waals surface area (Å²) in [6.45, 7) is 9.84. The summed E-state index contributed by atoms with van der Waals surface area (Å²) in [5.74, 6) is -0.817. The number of morpholine rings is 1. The summed E-state index contributed by atoms with van der Waals surface area (Å²) in [5, 5.41) is 15.4. The molecule has 2 bridgehead atoms. The van der Waals surface area contributed by atoms with Crippen molar-refractivity contribution in [2.75, 3.05) is 59.1 Å². The number of aliphatic hydroxyl groups excluding tert-OH is 1. The van der Waals surface area contributed by atoms with Crippen LogP contribution in [0.25, 0.3) is 0 Å². The molecule has 0 aliphatic carbocycles. The number of carbonyl (C=O) groups is 3. The Balaban J connectivity index is 1.53. The van der Waals surface area contributed by atoms with Crippen LogP contribution in [-0.4, -0.2) is 108 Å². The lowest BCUT2D eigenvalue weighted by Gasteiger charge is -2.38. The van der Waals surface area contributed by atoms with Crippen molar-refractivity contribution in [1.29, 1.82) is 0 Å². The number of hydrogen-bond donors (Lipinski definition) is 3. The number of fused-ring (bicyclic) bond motifs is 1. The van der Waals surface area contributed by atoms with Crippen molar-refractivity contribution in [2.24, 2.45) is 17.8 Å². The molecular weight excluding hydrogens is 468 g/mol. The van der Waals surface area contributed by atoms with Crippen molar-refractivity contribution >= 4 is 29.5 Å². The van der Waals surface area contributed by atoms with E-state index >= 15 is 0 Å². The van der Waals surface area contributed by atoms with Crippen LogP contribution in [0.5, 0.6) is 0 Å². The number of unbranched alkanes of at least 4 members (excludes halogenated alkanes) is 2. The molecular formula is C25H42N4O5S. The van der Waals surface area contributed by atoms with Gasteiger partial charge in [-0.05, 0) is 38.0 Å². The number of amides is 3. The predicted octanol–water partition coefficient (Wildman–Crippen LogP) is 0.461.